The summed E-state index contributed by atoms with van der Waals surface area (Å²) in [6.07, 6.45) is 1.52. The molecule has 0 unspecified atom stereocenters. The SMILES string of the molecule is Cc1ccc(C(=O)c2cc(C3CCN(C(=O)c4ccc([C@@]5(C)NC(=O)NC5=O)cc4)CC3)[nH]n2)cc1. The van der Waals surface area contributed by atoms with Gasteiger partial charge in [-0.15, -0.1) is 0 Å². The Kier molecular flexibility index (Phi) is 5.91. The Morgan fingerprint density at radius 1 is 0.972 bits per heavy atom. The summed E-state index contributed by atoms with van der Waals surface area (Å²) in [7, 11) is 0. The lowest BCUT2D eigenvalue weighted by molar-refractivity contribution is -0.123. The van der Waals surface area contributed by atoms with E-state index in [-0.39, 0.29) is 17.6 Å². The zero-order valence-electron chi connectivity index (χ0n) is 20.1. The van der Waals surface area contributed by atoms with E-state index >= 15 is 0 Å². The van der Waals surface area contributed by atoms with Crippen LogP contribution < -0.4 is 10.6 Å². The number of imide groups is 1. The molecule has 0 bridgehead atoms. The molecule has 2 aliphatic heterocycles. The molecule has 0 radical (unpaired) electrons. The second kappa shape index (κ2) is 9.07. The van der Waals surface area contributed by atoms with E-state index < -0.39 is 17.5 Å². The number of piperidine rings is 1. The molecule has 9 heteroatoms. The van der Waals surface area contributed by atoms with Crippen LogP contribution in [-0.2, 0) is 10.3 Å². The molecule has 5 rings (SSSR count). The summed E-state index contributed by atoms with van der Waals surface area (Å²) in [5, 5.41) is 12.1. The number of H-pyrrole nitrogens is 1. The molecule has 2 aromatic carbocycles. The van der Waals surface area contributed by atoms with Crippen LogP contribution in [0.15, 0.2) is 54.6 Å². The Morgan fingerprint density at radius 3 is 2.22 bits per heavy atom. The predicted molar refractivity (Wildman–Crippen MR) is 132 cm³/mol. The van der Waals surface area contributed by atoms with Crippen molar-refractivity contribution >= 4 is 23.6 Å². The number of urea groups is 1. The van der Waals surface area contributed by atoms with Gasteiger partial charge in [0.05, 0.1) is 0 Å². The van der Waals surface area contributed by atoms with E-state index in [2.05, 4.69) is 20.8 Å². The number of amides is 4. The maximum Gasteiger partial charge on any atom is 0.322 e. The maximum atomic E-state index is 13.1. The zero-order chi connectivity index (χ0) is 25.4. The smallest absolute Gasteiger partial charge is 0.322 e. The Balaban J connectivity index is 1.20. The van der Waals surface area contributed by atoms with Crippen LogP contribution in [-0.4, -0.2) is 51.8 Å². The molecule has 1 aromatic heterocycles. The lowest BCUT2D eigenvalue weighted by atomic mass is 9.91. The molecular formula is C27H27N5O4. The summed E-state index contributed by atoms with van der Waals surface area (Å²) in [6, 6.07) is 15.5. The van der Waals surface area contributed by atoms with Crippen LogP contribution in [0.3, 0.4) is 0 Å². The number of nitrogens with zero attached hydrogens (tertiary/aromatic N) is 2. The quantitative estimate of drug-likeness (QED) is 0.379. The summed E-state index contributed by atoms with van der Waals surface area (Å²) < 4.78 is 0. The first kappa shape index (κ1) is 23.5. The minimum Gasteiger partial charge on any atom is -0.339 e. The monoisotopic (exact) mass is 485 g/mol. The van der Waals surface area contributed by atoms with Crippen LogP contribution >= 0.6 is 0 Å². The van der Waals surface area contributed by atoms with Gasteiger partial charge in [0.15, 0.2) is 0 Å². The molecule has 2 saturated heterocycles. The molecular weight excluding hydrogens is 458 g/mol. The number of benzene rings is 2. The third kappa shape index (κ3) is 4.28. The number of carbonyl (C=O) groups is 4. The van der Waals surface area contributed by atoms with Crippen molar-refractivity contribution in [3.05, 3.63) is 88.2 Å². The summed E-state index contributed by atoms with van der Waals surface area (Å²) in [6.45, 7) is 4.78. The number of likely N-dealkylation sites (tertiary alicyclic amines) is 1. The minimum absolute atomic E-state index is 0.0788. The molecule has 9 nitrogen and oxygen atoms in total. The third-order valence-corrected chi connectivity index (χ3v) is 7.12. The van der Waals surface area contributed by atoms with Gasteiger partial charge < -0.3 is 10.2 Å². The Morgan fingerprint density at radius 2 is 1.61 bits per heavy atom. The van der Waals surface area contributed by atoms with E-state index in [0.717, 1.165) is 24.1 Å². The van der Waals surface area contributed by atoms with Crippen molar-refractivity contribution in [1.29, 1.82) is 0 Å². The largest absolute Gasteiger partial charge is 0.339 e. The van der Waals surface area contributed by atoms with Gasteiger partial charge in [0.2, 0.25) is 5.78 Å². The number of carbonyl (C=O) groups excluding carboxylic acids is 4. The highest BCUT2D eigenvalue weighted by Gasteiger charge is 2.43. The van der Waals surface area contributed by atoms with Crippen LogP contribution in [0, 0.1) is 6.92 Å². The highest BCUT2D eigenvalue weighted by atomic mass is 16.2. The molecule has 0 aliphatic carbocycles. The van der Waals surface area contributed by atoms with E-state index in [9.17, 15) is 19.2 Å². The zero-order valence-corrected chi connectivity index (χ0v) is 20.1. The van der Waals surface area contributed by atoms with Gasteiger partial charge in [0.1, 0.15) is 11.2 Å². The average molecular weight is 486 g/mol. The van der Waals surface area contributed by atoms with Crippen molar-refractivity contribution in [2.45, 2.75) is 38.1 Å². The Hall–Kier alpha value is -4.27. The van der Waals surface area contributed by atoms with E-state index in [4.69, 9.17) is 0 Å². The fourth-order valence-electron chi connectivity index (χ4n) is 4.78. The summed E-state index contributed by atoms with van der Waals surface area (Å²) in [5.74, 6) is -0.425. The number of aromatic nitrogens is 2. The van der Waals surface area contributed by atoms with Gasteiger partial charge in [-0.1, -0.05) is 42.0 Å². The first-order valence-corrected chi connectivity index (χ1v) is 11.9. The molecule has 3 aromatic rings. The molecule has 3 N–H and O–H groups in total. The molecule has 3 heterocycles. The molecule has 184 valence electrons. The standard InChI is InChI=1S/C27H27N5O4/c1-16-3-5-18(6-4-16)23(33)22-15-21(30-31-22)17-11-13-32(14-12-17)24(34)19-7-9-20(10-8-19)27(2)25(35)28-26(36)29-27/h3-10,15,17H,11-14H2,1-2H3,(H,30,31)(H2,28,29,35,36)/t27-/m1/s1. The predicted octanol–water partition coefficient (Wildman–Crippen LogP) is 3.02. The average Bonchev–Trinajstić information content (AvgIpc) is 3.48. The van der Waals surface area contributed by atoms with Gasteiger partial charge in [-0.2, -0.15) is 5.10 Å². The van der Waals surface area contributed by atoms with Crippen LogP contribution in [0.1, 0.15) is 68.9 Å². The number of hydrogen-bond donors (Lipinski definition) is 3. The van der Waals surface area contributed by atoms with Crippen molar-refractivity contribution in [1.82, 2.24) is 25.7 Å². The van der Waals surface area contributed by atoms with Gasteiger partial charge in [-0.05, 0) is 50.5 Å². The van der Waals surface area contributed by atoms with E-state index in [1.54, 1.807) is 31.2 Å². The highest BCUT2D eigenvalue weighted by Crippen LogP contribution is 2.29. The molecule has 1 atom stereocenters. The topological polar surface area (TPSA) is 124 Å². The highest BCUT2D eigenvalue weighted by molar-refractivity contribution is 6.08. The minimum atomic E-state index is -1.15. The van der Waals surface area contributed by atoms with Crippen molar-refractivity contribution < 1.29 is 19.2 Å². The van der Waals surface area contributed by atoms with Crippen LogP contribution in [0.4, 0.5) is 4.79 Å². The second-order valence-corrected chi connectivity index (χ2v) is 9.58. The van der Waals surface area contributed by atoms with E-state index in [0.29, 0.717) is 35.5 Å². The van der Waals surface area contributed by atoms with Gasteiger partial charge in [-0.3, -0.25) is 24.8 Å². The van der Waals surface area contributed by atoms with Crippen LogP contribution in [0.2, 0.25) is 0 Å². The first-order chi connectivity index (χ1) is 17.2. The van der Waals surface area contributed by atoms with Crippen molar-refractivity contribution in [2.24, 2.45) is 0 Å². The van der Waals surface area contributed by atoms with Gasteiger partial charge in [0, 0.05) is 35.8 Å². The molecule has 2 aliphatic rings. The number of rotatable bonds is 5. The fraction of sp³-hybridized carbons (Fsp3) is 0.296. The summed E-state index contributed by atoms with van der Waals surface area (Å²) in [4.78, 5) is 51.3. The van der Waals surface area contributed by atoms with Crippen LogP contribution in [0.5, 0.6) is 0 Å². The number of hydrogen-bond acceptors (Lipinski definition) is 5. The van der Waals surface area contributed by atoms with Crippen molar-refractivity contribution in [3.63, 3.8) is 0 Å². The van der Waals surface area contributed by atoms with Crippen molar-refractivity contribution in [2.75, 3.05) is 13.1 Å². The molecule has 4 amide bonds. The number of nitrogens with one attached hydrogen (secondary N) is 3. The van der Waals surface area contributed by atoms with Gasteiger partial charge in [0.25, 0.3) is 11.8 Å². The van der Waals surface area contributed by atoms with Gasteiger partial charge in [-0.25, -0.2) is 4.79 Å². The first-order valence-electron chi connectivity index (χ1n) is 11.9. The fourth-order valence-corrected chi connectivity index (χ4v) is 4.78. The Labute approximate surface area is 208 Å². The number of aryl methyl sites for hydroxylation is 1. The van der Waals surface area contributed by atoms with Gasteiger partial charge >= 0.3 is 6.03 Å². The van der Waals surface area contributed by atoms with E-state index in [1.165, 1.54) is 0 Å². The lowest BCUT2D eigenvalue weighted by Crippen LogP contribution is -2.40. The second-order valence-electron chi connectivity index (χ2n) is 9.58. The number of ketones is 1. The molecule has 36 heavy (non-hydrogen) atoms. The number of aromatic amines is 1. The summed E-state index contributed by atoms with van der Waals surface area (Å²) in [5.41, 5.74) is 2.99. The lowest BCUT2D eigenvalue weighted by Gasteiger charge is -2.31. The van der Waals surface area contributed by atoms with Crippen molar-refractivity contribution in [3.8, 4) is 0 Å². The maximum absolute atomic E-state index is 13.1. The van der Waals surface area contributed by atoms with Crippen LogP contribution in [0.25, 0.3) is 0 Å². The van der Waals surface area contributed by atoms with E-state index in [1.807, 2.05) is 42.2 Å². The summed E-state index contributed by atoms with van der Waals surface area (Å²) >= 11 is 0. The molecule has 0 saturated carbocycles. The molecule has 2 fully saturated rings. The normalized spacial score (nSPS) is 20.2. The molecule has 0 spiro atoms. The third-order valence-electron chi connectivity index (χ3n) is 7.12. The Bertz CT molecular complexity index is 1340.